The standard InChI is InChI=1S/C25H32ClN5O3/c1-5-34-23-13-20-18(12-21(23)30-24(32)7-6-10-31(2)3)25(16(14-27)15-28-20)29-17-8-9-22(33-4)19(26)11-17/h8-9,11-13,16,25,28-29H,5-7,10,15H2,1-4H3,(H,30,32). The van der Waals surface area contributed by atoms with Crippen molar-refractivity contribution >= 4 is 34.6 Å². The first-order valence-electron chi connectivity index (χ1n) is 11.3. The van der Waals surface area contributed by atoms with Crippen LogP contribution in [0.4, 0.5) is 17.1 Å². The highest BCUT2D eigenvalue weighted by atomic mass is 35.5. The molecule has 0 saturated heterocycles. The zero-order chi connectivity index (χ0) is 24.7. The van der Waals surface area contributed by atoms with Crippen LogP contribution in [0.1, 0.15) is 31.4 Å². The van der Waals surface area contributed by atoms with Crippen LogP contribution >= 0.6 is 11.6 Å². The SMILES string of the molecule is CCOc1cc2c(cc1NC(=O)CCCN(C)C)C(Nc1ccc(OC)c(Cl)c1)C(C#N)CN2. The van der Waals surface area contributed by atoms with Crippen LogP contribution in [-0.2, 0) is 4.79 Å². The normalized spacial score (nSPS) is 16.7. The summed E-state index contributed by atoms with van der Waals surface area (Å²) in [6.45, 7) is 3.68. The molecule has 1 heterocycles. The van der Waals surface area contributed by atoms with Crippen LogP contribution in [0, 0.1) is 17.2 Å². The van der Waals surface area contributed by atoms with Crippen molar-refractivity contribution in [3.05, 3.63) is 40.9 Å². The van der Waals surface area contributed by atoms with Gasteiger partial charge >= 0.3 is 0 Å². The van der Waals surface area contributed by atoms with E-state index < -0.39 is 0 Å². The van der Waals surface area contributed by atoms with Crippen LogP contribution in [0.25, 0.3) is 0 Å². The van der Waals surface area contributed by atoms with Crippen LogP contribution in [-0.4, -0.2) is 51.7 Å². The first kappa shape index (κ1) is 25.5. The number of ether oxygens (including phenoxy) is 2. The molecule has 2 aromatic rings. The van der Waals surface area contributed by atoms with Crippen LogP contribution in [0.5, 0.6) is 11.5 Å². The van der Waals surface area contributed by atoms with Gasteiger partial charge in [0.15, 0.2) is 0 Å². The Morgan fingerprint density at radius 1 is 1.29 bits per heavy atom. The second-order valence-corrected chi connectivity index (χ2v) is 8.82. The van der Waals surface area contributed by atoms with E-state index in [0.717, 1.165) is 29.9 Å². The molecule has 8 nitrogen and oxygen atoms in total. The van der Waals surface area contributed by atoms with E-state index in [4.69, 9.17) is 21.1 Å². The molecule has 182 valence electrons. The van der Waals surface area contributed by atoms with Crippen molar-refractivity contribution in [3.63, 3.8) is 0 Å². The minimum Gasteiger partial charge on any atom is -0.495 e. The fourth-order valence-corrected chi connectivity index (χ4v) is 4.19. The first-order chi connectivity index (χ1) is 16.4. The maximum absolute atomic E-state index is 12.6. The number of nitrogens with zero attached hydrogens (tertiary/aromatic N) is 2. The molecule has 0 fully saturated rings. The van der Waals surface area contributed by atoms with E-state index in [9.17, 15) is 10.1 Å². The summed E-state index contributed by atoms with van der Waals surface area (Å²) in [5, 5.41) is 20.1. The number of anilines is 3. The topological polar surface area (TPSA) is 98.7 Å². The number of carbonyl (C=O) groups excluding carboxylic acids is 1. The summed E-state index contributed by atoms with van der Waals surface area (Å²) in [4.78, 5) is 14.7. The number of fused-ring (bicyclic) bond motifs is 1. The summed E-state index contributed by atoms with van der Waals surface area (Å²) in [6.07, 6.45) is 1.17. The fraction of sp³-hybridized carbons (Fsp3) is 0.440. The molecule has 34 heavy (non-hydrogen) atoms. The van der Waals surface area contributed by atoms with E-state index in [1.165, 1.54) is 0 Å². The molecule has 3 N–H and O–H groups in total. The number of methoxy groups -OCH3 is 1. The zero-order valence-electron chi connectivity index (χ0n) is 20.1. The van der Waals surface area contributed by atoms with Crippen molar-refractivity contribution in [2.45, 2.75) is 25.8 Å². The number of hydrogen-bond donors (Lipinski definition) is 3. The lowest BCUT2D eigenvalue weighted by atomic mass is 9.88. The van der Waals surface area contributed by atoms with Gasteiger partial charge in [0, 0.05) is 36.0 Å². The summed E-state index contributed by atoms with van der Waals surface area (Å²) in [7, 11) is 5.53. The van der Waals surface area contributed by atoms with Crippen molar-refractivity contribution in [2.75, 3.05) is 56.9 Å². The first-order valence-corrected chi connectivity index (χ1v) is 11.7. The van der Waals surface area contributed by atoms with Gasteiger partial charge in [0.05, 0.1) is 42.5 Å². The predicted molar refractivity (Wildman–Crippen MR) is 136 cm³/mol. The molecule has 2 atom stereocenters. The van der Waals surface area contributed by atoms with Crippen LogP contribution < -0.4 is 25.4 Å². The zero-order valence-corrected chi connectivity index (χ0v) is 20.8. The largest absolute Gasteiger partial charge is 0.495 e. The molecule has 9 heteroatoms. The van der Waals surface area contributed by atoms with Gasteiger partial charge in [-0.15, -0.1) is 0 Å². The van der Waals surface area contributed by atoms with Gasteiger partial charge in [0.2, 0.25) is 5.91 Å². The number of carbonyl (C=O) groups is 1. The summed E-state index contributed by atoms with van der Waals surface area (Å²) in [6, 6.07) is 11.3. The molecule has 1 aliphatic rings. The molecule has 0 saturated carbocycles. The van der Waals surface area contributed by atoms with Crippen molar-refractivity contribution in [2.24, 2.45) is 5.92 Å². The van der Waals surface area contributed by atoms with Crippen LogP contribution in [0.15, 0.2) is 30.3 Å². The quantitative estimate of drug-likeness (QED) is 0.446. The third-order valence-electron chi connectivity index (χ3n) is 5.62. The highest BCUT2D eigenvalue weighted by Crippen LogP contribution is 2.42. The average molecular weight is 486 g/mol. The molecule has 0 radical (unpaired) electrons. The van der Waals surface area contributed by atoms with Crippen LogP contribution in [0.3, 0.4) is 0 Å². The maximum atomic E-state index is 12.6. The predicted octanol–water partition coefficient (Wildman–Crippen LogP) is 4.75. The molecule has 2 unspecified atom stereocenters. The van der Waals surface area contributed by atoms with Gasteiger partial charge in [0.25, 0.3) is 0 Å². The van der Waals surface area contributed by atoms with Crippen molar-refractivity contribution in [1.82, 2.24) is 4.90 Å². The molecule has 0 spiro atoms. The summed E-state index contributed by atoms with van der Waals surface area (Å²) >= 11 is 6.31. The molecular formula is C25H32ClN5O3. The Balaban J connectivity index is 1.91. The second-order valence-electron chi connectivity index (χ2n) is 8.41. The van der Waals surface area contributed by atoms with E-state index in [2.05, 4.69) is 22.0 Å². The van der Waals surface area contributed by atoms with Gasteiger partial charge in [-0.1, -0.05) is 11.6 Å². The molecule has 2 aromatic carbocycles. The van der Waals surface area contributed by atoms with Gasteiger partial charge in [-0.25, -0.2) is 0 Å². The number of hydrogen-bond acceptors (Lipinski definition) is 7. The highest BCUT2D eigenvalue weighted by Gasteiger charge is 2.31. The van der Waals surface area contributed by atoms with Crippen molar-refractivity contribution in [3.8, 4) is 17.6 Å². The van der Waals surface area contributed by atoms with E-state index in [1.54, 1.807) is 19.2 Å². The summed E-state index contributed by atoms with van der Waals surface area (Å²) in [5.74, 6) is 0.761. The van der Waals surface area contributed by atoms with Crippen LogP contribution in [0.2, 0.25) is 5.02 Å². The Bertz CT molecular complexity index is 1050. The minimum absolute atomic E-state index is 0.0743. The second kappa shape index (κ2) is 11.8. The summed E-state index contributed by atoms with van der Waals surface area (Å²) < 4.78 is 11.1. The van der Waals surface area contributed by atoms with Gasteiger partial charge in [0.1, 0.15) is 11.5 Å². The molecule has 3 rings (SSSR count). The van der Waals surface area contributed by atoms with Crippen molar-refractivity contribution in [1.29, 1.82) is 5.26 Å². The van der Waals surface area contributed by atoms with Crippen molar-refractivity contribution < 1.29 is 14.3 Å². The van der Waals surface area contributed by atoms with E-state index in [0.29, 0.717) is 41.8 Å². The van der Waals surface area contributed by atoms with Gasteiger partial charge in [-0.3, -0.25) is 4.79 Å². The smallest absolute Gasteiger partial charge is 0.224 e. The lowest BCUT2D eigenvalue weighted by Gasteiger charge is -2.33. The monoisotopic (exact) mass is 485 g/mol. The Morgan fingerprint density at radius 3 is 2.74 bits per heavy atom. The Hall–Kier alpha value is -3.15. The minimum atomic E-state index is -0.338. The van der Waals surface area contributed by atoms with Gasteiger partial charge in [-0.05, 0) is 58.3 Å². The molecular weight excluding hydrogens is 454 g/mol. The van der Waals surface area contributed by atoms with Gasteiger partial charge in [-0.2, -0.15) is 5.26 Å². The number of nitrogens with one attached hydrogen (secondary N) is 3. The lowest BCUT2D eigenvalue weighted by molar-refractivity contribution is -0.116. The molecule has 0 aliphatic carbocycles. The Labute approximate surface area is 206 Å². The number of amides is 1. The third kappa shape index (κ3) is 6.25. The Morgan fingerprint density at radius 2 is 2.09 bits per heavy atom. The molecule has 0 bridgehead atoms. The molecule has 0 aromatic heterocycles. The summed E-state index contributed by atoms with van der Waals surface area (Å²) in [5.41, 5.74) is 3.09. The number of benzene rings is 2. The van der Waals surface area contributed by atoms with Gasteiger partial charge < -0.3 is 30.3 Å². The average Bonchev–Trinajstić information content (AvgIpc) is 2.80. The van der Waals surface area contributed by atoms with E-state index >= 15 is 0 Å². The van der Waals surface area contributed by atoms with E-state index in [1.807, 2.05) is 44.1 Å². The molecule has 1 aliphatic heterocycles. The molecule has 1 amide bonds. The fourth-order valence-electron chi connectivity index (χ4n) is 3.94. The maximum Gasteiger partial charge on any atom is 0.224 e. The number of halogens is 1. The highest BCUT2D eigenvalue weighted by molar-refractivity contribution is 6.32. The lowest BCUT2D eigenvalue weighted by Crippen LogP contribution is -2.31. The Kier molecular flexibility index (Phi) is 8.85. The van der Waals surface area contributed by atoms with E-state index in [-0.39, 0.29) is 17.9 Å². The third-order valence-corrected chi connectivity index (χ3v) is 5.92. The number of rotatable bonds is 10. The number of nitriles is 1.